The maximum Gasteiger partial charge on any atom is 0.112 e. The predicted octanol–water partition coefficient (Wildman–Crippen LogP) is 3.63. The standard InChI is InChI=1S/C14H16BrN3/c1-2-18(9-10-3-4-10)13-5-6-16-12-7-11(15)8-17-14(12)13/h5-8,10H,2-4,9H2,1H3. The molecular formula is C14H16BrN3. The first-order valence-electron chi connectivity index (χ1n) is 6.43. The Morgan fingerprint density at radius 3 is 2.94 bits per heavy atom. The van der Waals surface area contributed by atoms with E-state index in [2.05, 4.69) is 43.8 Å². The summed E-state index contributed by atoms with van der Waals surface area (Å²) in [6.45, 7) is 4.37. The van der Waals surface area contributed by atoms with Crippen molar-refractivity contribution in [3.05, 3.63) is 29.0 Å². The molecule has 0 atom stereocenters. The largest absolute Gasteiger partial charge is 0.370 e. The molecule has 3 rings (SSSR count). The summed E-state index contributed by atoms with van der Waals surface area (Å²) in [6, 6.07) is 4.10. The molecule has 0 spiro atoms. The molecule has 0 aromatic carbocycles. The molecule has 0 bridgehead atoms. The third-order valence-corrected chi connectivity index (χ3v) is 3.85. The van der Waals surface area contributed by atoms with Crippen LogP contribution in [0.25, 0.3) is 11.0 Å². The third kappa shape index (κ3) is 2.34. The van der Waals surface area contributed by atoms with E-state index in [1.807, 2.05) is 18.5 Å². The van der Waals surface area contributed by atoms with Crippen LogP contribution < -0.4 is 4.90 Å². The van der Waals surface area contributed by atoms with E-state index in [4.69, 9.17) is 0 Å². The molecule has 1 aliphatic carbocycles. The van der Waals surface area contributed by atoms with Crippen molar-refractivity contribution in [2.45, 2.75) is 19.8 Å². The Morgan fingerprint density at radius 2 is 2.22 bits per heavy atom. The number of aromatic nitrogens is 2. The summed E-state index contributed by atoms with van der Waals surface area (Å²) in [4.78, 5) is 11.3. The first kappa shape index (κ1) is 11.9. The van der Waals surface area contributed by atoms with Gasteiger partial charge in [-0.1, -0.05) is 0 Å². The highest BCUT2D eigenvalue weighted by atomic mass is 79.9. The normalized spacial score (nSPS) is 15.0. The van der Waals surface area contributed by atoms with Crippen LogP contribution >= 0.6 is 15.9 Å². The second-order valence-electron chi connectivity index (χ2n) is 4.83. The molecule has 1 fully saturated rings. The minimum atomic E-state index is 0.878. The zero-order chi connectivity index (χ0) is 12.5. The van der Waals surface area contributed by atoms with Crippen molar-refractivity contribution in [2.24, 2.45) is 5.92 Å². The van der Waals surface area contributed by atoms with Crippen molar-refractivity contribution in [3.8, 4) is 0 Å². The van der Waals surface area contributed by atoms with Crippen LogP contribution in [0.5, 0.6) is 0 Å². The fourth-order valence-corrected chi connectivity index (χ4v) is 2.58. The topological polar surface area (TPSA) is 29.0 Å². The zero-order valence-electron chi connectivity index (χ0n) is 10.4. The van der Waals surface area contributed by atoms with Crippen molar-refractivity contribution in [1.82, 2.24) is 9.97 Å². The van der Waals surface area contributed by atoms with E-state index in [9.17, 15) is 0 Å². The predicted molar refractivity (Wildman–Crippen MR) is 77.8 cm³/mol. The summed E-state index contributed by atoms with van der Waals surface area (Å²) in [5, 5.41) is 0. The Bertz CT molecular complexity index is 566. The molecule has 94 valence electrons. The summed E-state index contributed by atoms with van der Waals surface area (Å²) in [6.07, 6.45) is 6.47. The van der Waals surface area contributed by atoms with E-state index in [1.165, 1.54) is 18.5 Å². The molecule has 0 radical (unpaired) electrons. The fraction of sp³-hybridized carbons (Fsp3) is 0.429. The fourth-order valence-electron chi connectivity index (χ4n) is 2.26. The van der Waals surface area contributed by atoms with Crippen LogP contribution in [0.4, 0.5) is 5.69 Å². The molecule has 0 unspecified atom stereocenters. The maximum absolute atomic E-state index is 4.53. The summed E-state index contributed by atoms with van der Waals surface area (Å²) in [5.74, 6) is 0.878. The highest BCUT2D eigenvalue weighted by molar-refractivity contribution is 9.10. The Labute approximate surface area is 115 Å². The molecule has 2 aromatic rings. The van der Waals surface area contributed by atoms with Gasteiger partial charge in [-0.3, -0.25) is 9.97 Å². The van der Waals surface area contributed by atoms with E-state index in [-0.39, 0.29) is 0 Å². The van der Waals surface area contributed by atoms with Gasteiger partial charge in [-0.05, 0) is 53.7 Å². The van der Waals surface area contributed by atoms with E-state index in [1.54, 1.807) is 0 Å². The van der Waals surface area contributed by atoms with E-state index < -0.39 is 0 Å². The van der Waals surface area contributed by atoms with E-state index >= 15 is 0 Å². The van der Waals surface area contributed by atoms with Gasteiger partial charge in [-0.15, -0.1) is 0 Å². The van der Waals surface area contributed by atoms with Gasteiger partial charge in [0.15, 0.2) is 0 Å². The van der Waals surface area contributed by atoms with Gasteiger partial charge < -0.3 is 4.90 Å². The molecular weight excluding hydrogens is 290 g/mol. The smallest absolute Gasteiger partial charge is 0.112 e. The van der Waals surface area contributed by atoms with Crippen LogP contribution in [0, 0.1) is 5.92 Å². The molecule has 2 heterocycles. The number of anilines is 1. The molecule has 1 aliphatic rings. The molecule has 0 N–H and O–H groups in total. The molecule has 0 amide bonds. The molecule has 18 heavy (non-hydrogen) atoms. The average molecular weight is 306 g/mol. The van der Waals surface area contributed by atoms with Crippen LogP contribution in [0.15, 0.2) is 29.0 Å². The van der Waals surface area contributed by atoms with Crippen LogP contribution in [0.1, 0.15) is 19.8 Å². The quantitative estimate of drug-likeness (QED) is 0.864. The number of fused-ring (bicyclic) bond motifs is 1. The van der Waals surface area contributed by atoms with Gasteiger partial charge >= 0.3 is 0 Å². The maximum atomic E-state index is 4.53. The van der Waals surface area contributed by atoms with Crippen molar-refractivity contribution in [1.29, 1.82) is 0 Å². The number of rotatable bonds is 4. The Kier molecular flexibility index (Phi) is 3.20. The van der Waals surface area contributed by atoms with Gasteiger partial charge in [0.2, 0.25) is 0 Å². The minimum absolute atomic E-state index is 0.878. The van der Waals surface area contributed by atoms with Crippen LogP contribution in [-0.4, -0.2) is 23.1 Å². The first-order valence-corrected chi connectivity index (χ1v) is 7.22. The van der Waals surface area contributed by atoms with Crippen molar-refractivity contribution in [3.63, 3.8) is 0 Å². The minimum Gasteiger partial charge on any atom is -0.370 e. The number of halogens is 1. The van der Waals surface area contributed by atoms with E-state index in [0.717, 1.165) is 34.5 Å². The van der Waals surface area contributed by atoms with Crippen molar-refractivity contribution in [2.75, 3.05) is 18.0 Å². The second-order valence-corrected chi connectivity index (χ2v) is 5.75. The zero-order valence-corrected chi connectivity index (χ0v) is 12.0. The lowest BCUT2D eigenvalue weighted by molar-refractivity contribution is 0.743. The second kappa shape index (κ2) is 4.84. The third-order valence-electron chi connectivity index (χ3n) is 3.42. The van der Waals surface area contributed by atoms with Gasteiger partial charge in [0.05, 0.1) is 11.2 Å². The van der Waals surface area contributed by atoms with Crippen LogP contribution in [0.2, 0.25) is 0 Å². The van der Waals surface area contributed by atoms with Gasteiger partial charge in [-0.25, -0.2) is 0 Å². The Hall–Kier alpha value is -1.16. The summed E-state index contributed by atoms with van der Waals surface area (Å²) in [7, 11) is 0. The lowest BCUT2D eigenvalue weighted by atomic mass is 10.2. The number of pyridine rings is 2. The van der Waals surface area contributed by atoms with E-state index in [0.29, 0.717) is 0 Å². The highest BCUT2D eigenvalue weighted by Gasteiger charge is 2.24. The Morgan fingerprint density at radius 1 is 1.39 bits per heavy atom. The molecule has 0 saturated heterocycles. The summed E-state index contributed by atoms with van der Waals surface area (Å²) >= 11 is 3.45. The number of nitrogens with zero attached hydrogens (tertiary/aromatic N) is 3. The summed E-state index contributed by atoms with van der Waals surface area (Å²) in [5.41, 5.74) is 3.17. The molecule has 0 aliphatic heterocycles. The monoisotopic (exact) mass is 305 g/mol. The van der Waals surface area contributed by atoms with Gasteiger partial charge in [0, 0.05) is 30.0 Å². The number of hydrogen-bond acceptors (Lipinski definition) is 3. The first-order chi connectivity index (χ1) is 8.78. The Balaban J connectivity index is 2.03. The molecule has 2 aromatic heterocycles. The van der Waals surface area contributed by atoms with Gasteiger partial charge in [0.1, 0.15) is 5.52 Å². The average Bonchev–Trinajstić information content (AvgIpc) is 3.19. The summed E-state index contributed by atoms with van der Waals surface area (Å²) < 4.78 is 0.977. The van der Waals surface area contributed by atoms with Gasteiger partial charge in [0.25, 0.3) is 0 Å². The molecule has 1 saturated carbocycles. The highest BCUT2D eigenvalue weighted by Crippen LogP contribution is 2.33. The van der Waals surface area contributed by atoms with Crippen LogP contribution in [0.3, 0.4) is 0 Å². The van der Waals surface area contributed by atoms with Gasteiger partial charge in [-0.2, -0.15) is 0 Å². The molecule has 4 heteroatoms. The number of hydrogen-bond donors (Lipinski definition) is 0. The SMILES string of the molecule is CCN(CC1CC1)c1ccnc2cc(Br)cnc12. The van der Waals surface area contributed by atoms with Crippen LogP contribution in [-0.2, 0) is 0 Å². The van der Waals surface area contributed by atoms with Crippen molar-refractivity contribution < 1.29 is 0 Å². The lowest BCUT2D eigenvalue weighted by Crippen LogP contribution is -2.25. The molecule has 3 nitrogen and oxygen atoms in total. The van der Waals surface area contributed by atoms with Crippen molar-refractivity contribution >= 4 is 32.7 Å². The lowest BCUT2D eigenvalue weighted by Gasteiger charge is -2.23.